The molecule has 0 bridgehead atoms. The van der Waals surface area contributed by atoms with E-state index < -0.39 is 0 Å². The molecule has 4 nitrogen and oxygen atoms in total. The first-order valence-corrected chi connectivity index (χ1v) is 6.08. The van der Waals surface area contributed by atoms with Gasteiger partial charge in [0.2, 0.25) is 0 Å². The van der Waals surface area contributed by atoms with E-state index in [-0.39, 0.29) is 5.91 Å². The molecule has 1 aromatic heterocycles. The van der Waals surface area contributed by atoms with Gasteiger partial charge in [-0.15, -0.1) is 0 Å². The van der Waals surface area contributed by atoms with Gasteiger partial charge >= 0.3 is 0 Å². The van der Waals surface area contributed by atoms with Crippen LogP contribution in [0.4, 0.5) is 11.4 Å². The fraction of sp³-hybridized carbons (Fsp3) is 0.200. The van der Waals surface area contributed by atoms with E-state index in [0.717, 1.165) is 16.8 Å². The summed E-state index contributed by atoms with van der Waals surface area (Å²) in [5, 5.41) is 2.90. The van der Waals surface area contributed by atoms with Crippen molar-refractivity contribution in [1.82, 2.24) is 4.98 Å². The second kappa shape index (κ2) is 5.10. The average Bonchev–Trinajstić information content (AvgIpc) is 2.34. The molecule has 0 radical (unpaired) electrons. The molecule has 1 heterocycles. The highest BCUT2D eigenvalue weighted by Gasteiger charge is 2.11. The van der Waals surface area contributed by atoms with Gasteiger partial charge in [-0.3, -0.25) is 4.79 Å². The van der Waals surface area contributed by atoms with E-state index in [0.29, 0.717) is 11.4 Å². The molecule has 0 aliphatic carbocycles. The highest BCUT2D eigenvalue weighted by molar-refractivity contribution is 6.03. The number of aromatic nitrogens is 1. The number of carbonyl (C=O) groups is 1. The number of hydrogen-bond donors (Lipinski definition) is 2. The third-order valence-electron chi connectivity index (χ3n) is 2.93. The molecule has 0 spiro atoms. The number of nitrogen functional groups attached to an aromatic ring is 1. The van der Waals surface area contributed by atoms with Gasteiger partial charge in [0.1, 0.15) is 5.69 Å². The molecule has 4 heteroatoms. The van der Waals surface area contributed by atoms with Gasteiger partial charge in [-0.2, -0.15) is 0 Å². The lowest BCUT2D eigenvalue weighted by molar-refractivity contribution is 0.102. The number of nitrogens with zero attached hydrogens (tertiary/aromatic N) is 1. The summed E-state index contributed by atoms with van der Waals surface area (Å²) in [6.07, 6.45) is 1.48. The number of aryl methyl sites for hydroxylation is 3. The van der Waals surface area contributed by atoms with E-state index in [1.54, 1.807) is 12.1 Å². The van der Waals surface area contributed by atoms with Gasteiger partial charge < -0.3 is 11.1 Å². The molecular weight excluding hydrogens is 238 g/mol. The number of nitrogens with two attached hydrogens (primary N) is 1. The minimum atomic E-state index is -0.227. The van der Waals surface area contributed by atoms with Crippen LogP contribution in [0.5, 0.6) is 0 Å². The number of anilines is 2. The second-order valence-electron chi connectivity index (χ2n) is 4.70. The predicted octanol–water partition coefficient (Wildman–Crippen LogP) is 2.84. The predicted molar refractivity (Wildman–Crippen MR) is 77.3 cm³/mol. The van der Waals surface area contributed by atoms with Crippen molar-refractivity contribution in [2.75, 3.05) is 11.1 Å². The number of rotatable bonds is 2. The van der Waals surface area contributed by atoms with E-state index >= 15 is 0 Å². The van der Waals surface area contributed by atoms with Crippen LogP contribution in [0, 0.1) is 20.8 Å². The second-order valence-corrected chi connectivity index (χ2v) is 4.70. The van der Waals surface area contributed by atoms with Crippen LogP contribution in [0.1, 0.15) is 27.2 Å². The first-order chi connectivity index (χ1) is 8.97. The van der Waals surface area contributed by atoms with E-state index in [9.17, 15) is 4.79 Å². The molecule has 0 saturated heterocycles. The molecule has 1 amide bonds. The molecule has 98 valence electrons. The molecule has 2 aromatic rings. The fourth-order valence-electron chi connectivity index (χ4n) is 2.09. The van der Waals surface area contributed by atoms with Crippen LogP contribution in [0.15, 0.2) is 30.5 Å². The smallest absolute Gasteiger partial charge is 0.274 e. The van der Waals surface area contributed by atoms with E-state index in [1.807, 2.05) is 32.9 Å². The summed E-state index contributed by atoms with van der Waals surface area (Å²) in [4.78, 5) is 16.1. The van der Waals surface area contributed by atoms with Gasteiger partial charge in [-0.05, 0) is 44.0 Å². The maximum atomic E-state index is 12.1. The van der Waals surface area contributed by atoms with Crippen LogP contribution < -0.4 is 11.1 Å². The van der Waals surface area contributed by atoms with Crippen molar-refractivity contribution in [2.45, 2.75) is 20.8 Å². The Kier molecular flexibility index (Phi) is 3.51. The SMILES string of the molecule is Cc1cc(C)c(NC(=O)c2ccc(N)cn2)c(C)c1. The summed E-state index contributed by atoms with van der Waals surface area (Å²) in [6, 6.07) is 7.36. The Morgan fingerprint density at radius 3 is 2.32 bits per heavy atom. The Morgan fingerprint density at radius 1 is 1.16 bits per heavy atom. The Balaban J connectivity index is 2.26. The van der Waals surface area contributed by atoms with Crippen molar-refractivity contribution in [3.63, 3.8) is 0 Å². The van der Waals surface area contributed by atoms with E-state index in [4.69, 9.17) is 5.73 Å². The molecular formula is C15H17N3O. The Labute approximate surface area is 112 Å². The lowest BCUT2D eigenvalue weighted by Gasteiger charge is -2.12. The first-order valence-electron chi connectivity index (χ1n) is 6.08. The number of benzene rings is 1. The van der Waals surface area contributed by atoms with Crippen LogP contribution in [0.25, 0.3) is 0 Å². The summed E-state index contributed by atoms with van der Waals surface area (Å²) in [5.74, 6) is -0.227. The van der Waals surface area contributed by atoms with Crippen LogP contribution in [-0.4, -0.2) is 10.9 Å². The maximum absolute atomic E-state index is 12.1. The summed E-state index contributed by atoms with van der Waals surface area (Å²) in [5.41, 5.74) is 10.6. The van der Waals surface area contributed by atoms with E-state index in [1.165, 1.54) is 11.8 Å². The Bertz CT molecular complexity index is 595. The molecule has 0 fully saturated rings. The number of pyridine rings is 1. The monoisotopic (exact) mass is 255 g/mol. The normalized spacial score (nSPS) is 10.3. The first kappa shape index (κ1) is 13.1. The zero-order chi connectivity index (χ0) is 14.0. The van der Waals surface area contributed by atoms with Crippen molar-refractivity contribution in [1.29, 1.82) is 0 Å². The zero-order valence-corrected chi connectivity index (χ0v) is 11.3. The van der Waals surface area contributed by atoms with E-state index in [2.05, 4.69) is 10.3 Å². The molecule has 1 aromatic carbocycles. The average molecular weight is 255 g/mol. The Morgan fingerprint density at radius 2 is 1.79 bits per heavy atom. The van der Waals surface area contributed by atoms with Gasteiger partial charge in [0.05, 0.1) is 11.9 Å². The molecule has 2 rings (SSSR count). The summed E-state index contributed by atoms with van der Waals surface area (Å²) >= 11 is 0. The van der Waals surface area contributed by atoms with Gasteiger partial charge in [-0.1, -0.05) is 17.7 Å². The molecule has 0 aliphatic rings. The minimum absolute atomic E-state index is 0.227. The van der Waals surface area contributed by atoms with Crippen LogP contribution >= 0.6 is 0 Å². The minimum Gasteiger partial charge on any atom is -0.397 e. The van der Waals surface area contributed by atoms with Gasteiger partial charge in [0.25, 0.3) is 5.91 Å². The molecule has 19 heavy (non-hydrogen) atoms. The fourth-order valence-corrected chi connectivity index (χ4v) is 2.09. The van der Waals surface area contributed by atoms with Gasteiger partial charge in [0.15, 0.2) is 0 Å². The lowest BCUT2D eigenvalue weighted by Crippen LogP contribution is -2.15. The molecule has 0 unspecified atom stereocenters. The van der Waals surface area contributed by atoms with Crippen LogP contribution in [0.3, 0.4) is 0 Å². The topological polar surface area (TPSA) is 68.0 Å². The zero-order valence-electron chi connectivity index (χ0n) is 11.3. The van der Waals surface area contributed by atoms with Gasteiger partial charge in [-0.25, -0.2) is 4.98 Å². The van der Waals surface area contributed by atoms with Crippen LogP contribution in [-0.2, 0) is 0 Å². The van der Waals surface area contributed by atoms with Crippen molar-refractivity contribution in [2.24, 2.45) is 0 Å². The summed E-state index contributed by atoms with van der Waals surface area (Å²) < 4.78 is 0. The van der Waals surface area contributed by atoms with Crippen molar-refractivity contribution in [3.8, 4) is 0 Å². The third-order valence-corrected chi connectivity index (χ3v) is 2.93. The molecule has 3 N–H and O–H groups in total. The maximum Gasteiger partial charge on any atom is 0.274 e. The molecule has 0 aliphatic heterocycles. The number of hydrogen-bond acceptors (Lipinski definition) is 3. The highest BCUT2D eigenvalue weighted by atomic mass is 16.1. The third kappa shape index (κ3) is 2.91. The largest absolute Gasteiger partial charge is 0.397 e. The lowest BCUT2D eigenvalue weighted by atomic mass is 10.0. The number of carbonyl (C=O) groups excluding carboxylic acids is 1. The number of amides is 1. The standard InChI is InChI=1S/C15H17N3O/c1-9-6-10(2)14(11(3)7-9)18-15(19)13-5-4-12(16)8-17-13/h4-8H,16H2,1-3H3,(H,18,19). The van der Waals surface area contributed by atoms with Crippen molar-refractivity contribution < 1.29 is 4.79 Å². The summed E-state index contributed by atoms with van der Waals surface area (Å²) in [6.45, 7) is 5.99. The van der Waals surface area contributed by atoms with Crippen molar-refractivity contribution in [3.05, 3.63) is 52.8 Å². The van der Waals surface area contributed by atoms with Crippen LogP contribution in [0.2, 0.25) is 0 Å². The molecule has 0 saturated carbocycles. The summed E-state index contributed by atoms with van der Waals surface area (Å²) in [7, 11) is 0. The quantitative estimate of drug-likeness (QED) is 0.867. The molecule has 0 atom stereocenters. The van der Waals surface area contributed by atoms with Gasteiger partial charge in [0, 0.05) is 5.69 Å². The Hall–Kier alpha value is -2.36. The highest BCUT2D eigenvalue weighted by Crippen LogP contribution is 2.22. The number of nitrogens with one attached hydrogen (secondary N) is 1. The van der Waals surface area contributed by atoms with Crippen molar-refractivity contribution >= 4 is 17.3 Å².